The molecule has 0 unspecified atom stereocenters. The minimum Gasteiger partial charge on any atom is -0.461 e. The molecule has 24 heavy (non-hydrogen) atoms. The molecule has 0 bridgehead atoms. The van der Waals surface area contributed by atoms with Gasteiger partial charge < -0.3 is 10.1 Å². The molecule has 0 radical (unpaired) electrons. The number of halogens is 2. The molecule has 0 aromatic carbocycles. The van der Waals surface area contributed by atoms with Gasteiger partial charge in [0.2, 0.25) is 0 Å². The topological polar surface area (TPSA) is 81.2 Å². The summed E-state index contributed by atoms with van der Waals surface area (Å²) in [5.41, 5.74) is 1.16. The summed E-state index contributed by atoms with van der Waals surface area (Å²) in [5.74, 6) is -0.809. The molecule has 1 amide bonds. The fourth-order valence-corrected chi connectivity index (χ4v) is 3.24. The van der Waals surface area contributed by atoms with Crippen LogP contribution < -0.4 is 5.32 Å². The lowest BCUT2D eigenvalue weighted by atomic mass is 10.1. The van der Waals surface area contributed by atoms with Gasteiger partial charge in [0.25, 0.3) is 5.91 Å². The van der Waals surface area contributed by atoms with Crippen molar-refractivity contribution in [1.29, 1.82) is 0 Å². The SMILES string of the molecule is CCOC(=O)c1nc(CNC(=O)c2cc(Cl)nc(Cl)c2C)sc1C. The van der Waals surface area contributed by atoms with Gasteiger partial charge in [-0.25, -0.2) is 14.8 Å². The highest BCUT2D eigenvalue weighted by atomic mass is 35.5. The van der Waals surface area contributed by atoms with Crippen molar-refractivity contribution in [2.45, 2.75) is 27.3 Å². The quantitative estimate of drug-likeness (QED) is 0.626. The summed E-state index contributed by atoms with van der Waals surface area (Å²) in [6.45, 7) is 5.66. The van der Waals surface area contributed by atoms with Crippen molar-refractivity contribution in [2.24, 2.45) is 0 Å². The Morgan fingerprint density at radius 3 is 2.67 bits per heavy atom. The van der Waals surface area contributed by atoms with Crippen molar-refractivity contribution >= 4 is 46.4 Å². The minimum atomic E-state index is -0.465. The van der Waals surface area contributed by atoms with Crippen LogP contribution in [-0.2, 0) is 11.3 Å². The Morgan fingerprint density at radius 2 is 2.00 bits per heavy atom. The standard InChI is InChI=1S/C15H15Cl2N3O3S/c1-4-23-15(22)12-8(3)24-11(20-12)6-18-14(21)9-5-10(16)19-13(17)7(9)2/h5H,4,6H2,1-3H3,(H,18,21). The second-order valence-electron chi connectivity index (χ2n) is 4.82. The zero-order valence-electron chi connectivity index (χ0n) is 13.3. The third kappa shape index (κ3) is 4.23. The molecule has 0 spiro atoms. The number of carbonyl (C=O) groups is 2. The second kappa shape index (κ2) is 7.92. The van der Waals surface area contributed by atoms with Crippen LogP contribution in [-0.4, -0.2) is 28.5 Å². The number of carbonyl (C=O) groups excluding carboxylic acids is 2. The van der Waals surface area contributed by atoms with E-state index >= 15 is 0 Å². The molecule has 0 saturated heterocycles. The average Bonchev–Trinajstić information content (AvgIpc) is 2.89. The molecule has 6 nitrogen and oxygen atoms in total. The fourth-order valence-electron chi connectivity index (χ4n) is 1.95. The van der Waals surface area contributed by atoms with Gasteiger partial charge in [0.15, 0.2) is 5.69 Å². The first-order valence-corrected chi connectivity index (χ1v) is 8.65. The number of thiazole rings is 1. The van der Waals surface area contributed by atoms with Crippen molar-refractivity contribution in [3.63, 3.8) is 0 Å². The van der Waals surface area contributed by atoms with Crippen molar-refractivity contribution in [3.8, 4) is 0 Å². The van der Waals surface area contributed by atoms with Gasteiger partial charge in [-0.15, -0.1) is 11.3 Å². The monoisotopic (exact) mass is 387 g/mol. The van der Waals surface area contributed by atoms with E-state index in [2.05, 4.69) is 15.3 Å². The lowest BCUT2D eigenvalue weighted by Gasteiger charge is -2.08. The summed E-state index contributed by atoms with van der Waals surface area (Å²) in [7, 11) is 0. The van der Waals surface area contributed by atoms with Crippen LogP contribution in [0.25, 0.3) is 0 Å². The molecule has 2 rings (SSSR count). The van der Waals surface area contributed by atoms with Crippen LogP contribution in [0.4, 0.5) is 0 Å². The number of hydrogen-bond donors (Lipinski definition) is 1. The van der Waals surface area contributed by atoms with Gasteiger partial charge in [0.05, 0.1) is 13.2 Å². The van der Waals surface area contributed by atoms with E-state index in [0.29, 0.717) is 16.1 Å². The Kier molecular flexibility index (Phi) is 6.15. The first kappa shape index (κ1) is 18.6. The predicted octanol–water partition coefficient (Wildman–Crippen LogP) is 3.57. The van der Waals surface area contributed by atoms with E-state index in [1.165, 1.54) is 17.4 Å². The van der Waals surface area contributed by atoms with Crippen LogP contribution >= 0.6 is 34.5 Å². The molecular weight excluding hydrogens is 373 g/mol. The number of pyridine rings is 1. The first-order valence-electron chi connectivity index (χ1n) is 7.07. The smallest absolute Gasteiger partial charge is 0.358 e. The molecular formula is C15H15Cl2N3O3S. The number of nitrogens with one attached hydrogen (secondary N) is 1. The Morgan fingerprint density at radius 1 is 1.29 bits per heavy atom. The van der Waals surface area contributed by atoms with Gasteiger partial charge in [-0.3, -0.25) is 4.79 Å². The lowest BCUT2D eigenvalue weighted by Crippen LogP contribution is -2.24. The zero-order valence-corrected chi connectivity index (χ0v) is 15.6. The lowest BCUT2D eigenvalue weighted by molar-refractivity contribution is 0.0519. The van der Waals surface area contributed by atoms with E-state index in [1.54, 1.807) is 20.8 Å². The van der Waals surface area contributed by atoms with Gasteiger partial charge in [-0.2, -0.15) is 0 Å². The molecule has 0 aliphatic heterocycles. The highest BCUT2D eigenvalue weighted by Gasteiger charge is 2.18. The maximum absolute atomic E-state index is 12.3. The number of nitrogens with zero attached hydrogens (tertiary/aromatic N) is 2. The highest BCUT2D eigenvalue weighted by Crippen LogP contribution is 2.22. The maximum atomic E-state index is 12.3. The van der Waals surface area contributed by atoms with Crippen LogP contribution in [0.15, 0.2) is 6.07 Å². The van der Waals surface area contributed by atoms with Crippen LogP contribution in [0.2, 0.25) is 10.3 Å². The Labute approximate surface area is 153 Å². The molecule has 2 heterocycles. The third-order valence-corrected chi connectivity index (χ3v) is 4.67. The Balaban J connectivity index is 2.10. The molecule has 2 aromatic rings. The molecule has 0 fully saturated rings. The minimum absolute atomic E-state index is 0.144. The molecule has 0 atom stereocenters. The molecule has 0 aliphatic rings. The fraction of sp³-hybridized carbons (Fsp3) is 0.333. The second-order valence-corrected chi connectivity index (χ2v) is 6.86. The van der Waals surface area contributed by atoms with Gasteiger partial charge in [0, 0.05) is 10.4 Å². The van der Waals surface area contributed by atoms with Crippen molar-refractivity contribution in [2.75, 3.05) is 6.61 Å². The van der Waals surface area contributed by atoms with Gasteiger partial charge >= 0.3 is 5.97 Å². The summed E-state index contributed by atoms with van der Waals surface area (Å²) >= 11 is 13.1. The molecule has 1 N–H and O–H groups in total. The Hall–Kier alpha value is -1.70. The third-order valence-electron chi connectivity index (χ3n) is 3.14. The molecule has 2 aromatic heterocycles. The van der Waals surface area contributed by atoms with Crippen LogP contribution in [0.5, 0.6) is 0 Å². The Bertz CT molecular complexity index is 793. The van der Waals surface area contributed by atoms with Gasteiger partial charge in [-0.05, 0) is 32.4 Å². The number of amides is 1. The van der Waals surface area contributed by atoms with E-state index in [9.17, 15) is 9.59 Å². The van der Waals surface area contributed by atoms with Crippen molar-refractivity contribution in [3.05, 3.63) is 43.1 Å². The molecule has 0 saturated carbocycles. The number of aromatic nitrogens is 2. The van der Waals surface area contributed by atoms with E-state index in [-0.39, 0.29) is 35.1 Å². The summed E-state index contributed by atoms with van der Waals surface area (Å²) in [6, 6.07) is 1.45. The molecule has 128 valence electrons. The maximum Gasteiger partial charge on any atom is 0.358 e. The van der Waals surface area contributed by atoms with Crippen LogP contribution in [0, 0.1) is 13.8 Å². The normalized spacial score (nSPS) is 10.5. The predicted molar refractivity (Wildman–Crippen MR) is 93.0 cm³/mol. The van der Waals surface area contributed by atoms with Crippen molar-refractivity contribution < 1.29 is 14.3 Å². The molecule has 0 aliphatic carbocycles. The number of esters is 1. The van der Waals surface area contributed by atoms with E-state index < -0.39 is 5.97 Å². The number of hydrogen-bond acceptors (Lipinski definition) is 6. The largest absolute Gasteiger partial charge is 0.461 e. The average molecular weight is 388 g/mol. The summed E-state index contributed by atoms with van der Waals surface area (Å²) in [5, 5.41) is 3.66. The summed E-state index contributed by atoms with van der Waals surface area (Å²) in [4.78, 5) is 32.9. The van der Waals surface area contributed by atoms with Crippen molar-refractivity contribution in [1.82, 2.24) is 15.3 Å². The number of rotatable bonds is 5. The van der Waals surface area contributed by atoms with E-state index in [0.717, 1.165) is 4.88 Å². The first-order chi connectivity index (χ1) is 11.3. The summed E-state index contributed by atoms with van der Waals surface area (Å²) < 4.78 is 4.94. The van der Waals surface area contributed by atoms with Crippen LogP contribution in [0.3, 0.4) is 0 Å². The zero-order chi connectivity index (χ0) is 17.9. The van der Waals surface area contributed by atoms with Gasteiger partial charge in [-0.1, -0.05) is 23.2 Å². The van der Waals surface area contributed by atoms with E-state index in [4.69, 9.17) is 27.9 Å². The highest BCUT2D eigenvalue weighted by molar-refractivity contribution is 7.11. The van der Waals surface area contributed by atoms with Crippen LogP contribution in [0.1, 0.15) is 43.2 Å². The number of ether oxygens (including phenoxy) is 1. The summed E-state index contributed by atoms with van der Waals surface area (Å²) in [6.07, 6.45) is 0. The number of aryl methyl sites for hydroxylation is 1. The van der Waals surface area contributed by atoms with Gasteiger partial charge in [0.1, 0.15) is 15.3 Å². The van der Waals surface area contributed by atoms with E-state index in [1.807, 2.05) is 0 Å². The molecule has 9 heteroatoms.